The minimum Gasteiger partial charge on any atom is -0.316 e. The maximum Gasteiger partial charge on any atom is 0.00238 e. The molecule has 1 aliphatic carbocycles. The fourth-order valence-electron chi connectivity index (χ4n) is 3.38. The summed E-state index contributed by atoms with van der Waals surface area (Å²) < 4.78 is 0. The van der Waals surface area contributed by atoms with Gasteiger partial charge in [-0.25, -0.2) is 0 Å². The summed E-state index contributed by atoms with van der Waals surface area (Å²) in [4.78, 5) is 0. The molecule has 1 N–H and O–H groups in total. The quantitative estimate of drug-likeness (QED) is 0.657. The van der Waals surface area contributed by atoms with Crippen LogP contribution in [-0.2, 0) is 0 Å². The first kappa shape index (κ1) is 8.49. The fraction of sp³-hybridized carbons (Fsp3) is 0.538. The van der Waals surface area contributed by atoms with Gasteiger partial charge >= 0.3 is 0 Å². The molecular weight excluding hydrogens is 170 g/mol. The minimum atomic E-state index is 0.755. The molecule has 2 aliphatic rings. The monoisotopic (exact) mass is 187 g/mol. The first-order chi connectivity index (χ1) is 6.79. The largest absolute Gasteiger partial charge is 0.316 e. The van der Waals surface area contributed by atoms with Crippen LogP contribution in [0.1, 0.15) is 35.4 Å². The maximum absolute atomic E-state index is 3.52. The van der Waals surface area contributed by atoms with Gasteiger partial charge in [0.2, 0.25) is 0 Å². The van der Waals surface area contributed by atoms with Gasteiger partial charge in [-0.2, -0.15) is 0 Å². The Morgan fingerprint density at radius 2 is 2.14 bits per heavy atom. The molecule has 3 rings (SSSR count). The first-order valence-corrected chi connectivity index (χ1v) is 5.59. The fourth-order valence-corrected chi connectivity index (χ4v) is 3.38. The van der Waals surface area contributed by atoms with Gasteiger partial charge in [0.05, 0.1) is 0 Å². The third-order valence-electron chi connectivity index (χ3n) is 4.12. The summed E-state index contributed by atoms with van der Waals surface area (Å²) in [6.07, 6.45) is 0. The molecule has 0 bridgehead atoms. The molecule has 0 saturated carbocycles. The molecule has 1 aromatic carbocycles. The summed E-state index contributed by atoms with van der Waals surface area (Å²) in [6.45, 7) is 7.04. The smallest absolute Gasteiger partial charge is 0.00238 e. The van der Waals surface area contributed by atoms with Gasteiger partial charge in [-0.3, -0.25) is 0 Å². The average Bonchev–Trinajstić information content (AvgIpc) is 2.72. The summed E-state index contributed by atoms with van der Waals surface area (Å²) in [5.41, 5.74) is 4.75. The van der Waals surface area contributed by atoms with Crippen LogP contribution in [-0.4, -0.2) is 13.1 Å². The molecule has 1 saturated heterocycles. The molecule has 1 nitrogen and oxygen atoms in total. The molecule has 3 atom stereocenters. The van der Waals surface area contributed by atoms with Gasteiger partial charge in [0.25, 0.3) is 0 Å². The van der Waals surface area contributed by atoms with Crippen LogP contribution in [0.2, 0.25) is 0 Å². The van der Waals surface area contributed by atoms with Gasteiger partial charge < -0.3 is 5.32 Å². The second-order valence-electron chi connectivity index (χ2n) is 4.80. The van der Waals surface area contributed by atoms with E-state index in [0.29, 0.717) is 0 Å². The van der Waals surface area contributed by atoms with Gasteiger partial charge in [-0.1, -0.05) is 25.1 Å². The summed E-state index contributed by atoms with van der Waals surface area (Å²) >= 11 is 0. The lowest BCUT2D eigenvalue weighted by molar-refractivity contribution is 0.487. The molecule has 0 radical (unpaired) electrons. The van der Waals surface area contributed by atoms with Crippen LogP contribution >= 0.6 is 0 Å². The third-order valence-corrected chi connectivity index (χ3v) is 4.12. The van der Waals surface area contributed by atoms with E-state index in [-0.39, 0.29) is 0 Å². The van der Waals surface area contributed by atoms with Crippen molar-refractivity contribution in [1.29, 1.82) is 0 Å². The maximum atomic E-state index is 3.52. The van der Waals surface area contributed by atoms with Crippen molar-refractivity contribution in [1.82, 2.24) is 5.32 Å². The Labute approximate surface area is 85.5 Å². The van der Waals surface area contributed by atoms with E-state index < -0.39 is 0 Å². The van der Waals surface area contributed by atoms with Gasteiger partial charge in [-0.05, 0) is 42.0 Å². The molecule has 1 heteroatoms. The molecule has 1 aliphatic heterocycles. The van der Waals surface area contributed by atoms with Crippen molar-refractivity contribution in [3.63, 3.8) is 0 Å². The Morgan fingerprint density at radius 3 is 3.00 bits per heavy atom. The van der Waals surface area contributed by atoms with Gasteiger partial charge in [0, 0.05) is 12.5 Å². The normalized spacial score (nSPS) is 34.3. The van der Waals surface area contributed by atoms with Crippen molar-refractivity contribution in [2.75, 3.05) is 13.1 Å². The van der Waals surface area contributed by atoms with Crippen LogP contribution in [0.5, 0.6) is 0 Å². The molecule has 0 unspecified atom stereocenters. The van der Waals surface area contributed by atoms with Gasteiger partial charge in [0.1, 0.15) is 0 Å². The SMILES string of the molecule is Cc1cccc2c1[C@@H]1CNC[C@@H]1[C@@H]2C. The number of rotatable bonds is 0. The lowest BCUT2D eigenvalue weighted by atomic mass is 9.91. The molecule has 0 amide bonds. The van der Waals surface area contributed by atoms with Crippen LogP contribution in [0.3, 0.4) is 0 Å². The van der Waals surface area contributed by atoms with E-state index in [4.69, 9.17) is 0 Å². The lowest BCUT2D eigenvalue weighted by Gasteiger charge is -2.12. The molecular formula is C13H17N. The van der Waals surface area contributed by atoms with E-state index >= 15 is 0 Å². The van der Waals surface area contributed by atoms with Crippen LogP contribution in [0.25, 0.3) is 0 Å². The standard InChI is InChI=1S/C13H17N/c1-8-4-3-5-10-9(2)11-6-14-7-12(11)13(8)10/h3-5,9,11-12,14H,6-7H2,1-2H3/t9-,11-,12-/m1/s1. The van der Waals surface area contributed by atoms with Crippen molar-refractivity contribution in [2.24, 2.45) is 5.92 Å². The molecule has 1 heterocycles. The number of aryl methyl sites for hydroxylation is 1. The van der Waals surface area contributed by atoms with Crippen LogP contribution in [0, 0.1) is 12.8 Å². The van der Waals surface area contributed by atoms with Crippen LogP contribution in [0.4, 0.5) is 0 Å². The predicted molar refractivity (Wildman–Crippen MR) is 58.7 cm³/mol. The Hall–Kier alpha value is -0.820. The Balaban J connectivity index is 2.18. The molecule has 1 aromatic rings. The van der Waals surface area contributed by atoms with E-state index in [1.54, 1.807) is 11.1 Å². The van der Waals surface area contributed by atoms with Crippen LogP contribution in [0.15, 0.2) is 18.2 Å². The highest BCUT2D eigenvalue weighted by molar-refractivity contribution is 5.45. The molecule has 0 spiro atoms. The topological polar surface area (TPSA) is 12.0 Å². The van der Waals surface area contributed by atoms with Crippen molar-refractivity contribution < 1.29 is 0 Å². The summed E-state index contributed by atoms with van der Waals surface area (Å²) in [5, 5.41) is 3.52. The van der Waals surface area contributed by atoms with E-state index in [1.807, 2.05) is 0 Å². The van der Waals surface area contributed by atoms with Gasteiger partial charge in [-0.15, -0.1) is 0 Å². The van der Waals surface area contributed by atoms with E-state index in [2.05, 4.69) is 37.4 Å². The predicted octanol–water partition coefficient (Wildman–Crippen LogP) is 2.42. The Kier molecular flexibility index (Phi) is 1.72. The first-order valence-electron chi connectivity index (χ1n) is 5.59. The lowest BCUT2D eigenvalue weighted by Crippen LogP contribution is -2.12. The van der Waals surface area contributed by atoms with E-state index in [0.717, 1.165) is 17.8 Å². The Bertz CT molecular complexity index is 369. The number of benzene rings is 1. The van der Waals surface area contributed by atoms with Crippen LogP contribution < -0.4 is 5.32 Å². The number of hydrogen-bond donors (Lipinski definition) is 1. The highest BCUT2D eigenvalue weighted by atomic mass is 14.9. The van der Waals surface area contributed by atoms with Crippen molar-refractivity contribution in [2.45, 2.75) is 25.7 Å². The minimum absolute atomic E-state index is 0.755. The van der Waals surface area contributed by atoms with Crippen molar-refractivity contribution >= 4 is 0 Å². The van der Waals surface area contributed by atoms with Crippen molar-refractivity contribution in [3.8, 4) is 0 Å². The van der Waals surface area contributed by atoms with Crippen molar-refractivity contribution in [3.05, 3.63) is 34.9 Å². The summed E-state index contributed by atoms with van der Waals surface area (Å²) in [6, 6.07) is 6.79. The number of hydrogen-bond acceptors (Lipinski definition) is 1. The van der Waals surface area contributed by atoms with Gasteiger partial charge in [0.15, 0.2) is 0 Å². The Morgan fingerprint density at radius 1 is 1.29 bits per heavy atom. The number of fused-ring (bicyclic) bond motifs is 3. The average molecular weight is 187 g/mol. The molecule has 74 valence electrons. The highest BCUT2D eigenvalue weighted by Crippen LogP contribution is 2.48. The third kappa shape index (κ3) is 0.936. The zero-order valence-electron chi connectivity index (χ0n) is 8.88. The molecule has 14 heavy (non-hydrogen) atoms. The second-order valence-corrected chi connectivity index (χ2v) is 4.80. The zero-order valence-corrected chi connectivity index (χ0v) is 8.88. The summed E-state index contributed by atoms with van der Waals surface area (Å²) in [5.74, 6) is 2.40. The van der Waals surface area contributed by atoms with E-state index in [9.17, 15) is 0 Å². The van der Waals surface area contributed by atoms with E-state index in [1.165, 1.54) is 18.7 Å². The zero-order chi connectivity index (χ0) is 9.71. The summed E-state index contributed by atoms with van der Waals surface area (Å²) in [7, 11) is 0. The highest BCUT2D eigenvalue weighted by Gasteiger charge is 2.41. The molecule has 0 aromatic heterocycles. The number of nitrogens with one attached hydrogen (secondary N) is 1. The second kappa shape index (κ2) is 2.83. The molecule has 1 fully saturated rings.